The Morgan fingerprint density at radius 1 is 1.38 bits per heavy atom. The molecule has 0 N–H and O–H groups in total. The van der Waals surface area contributed by atoms with Crippen LogP contribution in [0.4, 0.5) is 0 Å². The molecule has 0 aromatic carbocycles. The topological polar surface area (TPSA) is 25.8 Å². The van der Waals surface area contributed by atoms with Crippen LogP contribution in [0.5, 0.6) is 0 Å². The molecule has 0 aliphatic heterocycles. The van der Waals surface area contributed by atoms with Crippen LogP contribution in [0.15, 0.2) is 0 Å². The molecule has 0 radical (unpaired) electrons. The molecule has 1 aromatic heterocycles. The van der Waals surface area contributed by atoms with Crippen molar-refractivity contribution in [3.63, 3.8) is 0 Å². The zero-order valence-corrected chi connectivity index (χ0v) is 9.10. The summed E-state index contributed by atoms with van der Waals surface area (Å²) in [5.74, 6) is 2.52. The van der Waals surface area contributed by atoms with Crippen LogP contribution in [0, 0.1) is 12.8 Å². The predicted molar refractivity (Wildman–Crippen MR) is 55.0 cm³/mol. The van der Waals surface area contributed by atoms with Crippen LogP contribution in [-0.2, 0) is 0 Å². The molecule has 13 heavy (non-hydrogen) atoms. The van der Waals surface area contributed by atoms with Crippen molar-refractivity contribution in [2.45, 2.75) is 45.4 Å². The standard InChI is InChI=1S/C10H16N2S/c1-7-4-3-5-9(6-7)10-11-8(2)12-13-10/h7,9H,3-6H2,1-2H3. The smallest absolute Gasteiger partial charge is 0.139 e. The van der Waals surface area contributed by atoms with E-state index < -0.39 is 0 Å². The van der Waals surface area contributed by atoms with Gasteiger partial charge in [-0.2, -0.15) is 4.37 Å². The third kappa shape index (κ3) is 2.08. The zero-order chi connectivity index (χ0) is 9.26. The number of aromatic nitrogens is 2. The van der Waals surface area contributed by atoms with Crippen molar-refractivity contribution in [1.29, 1.82) is 0 Å². The van der Waals surface area contributed by atoms with Crippen molar-refractivity contribution in [2.24, 2.45) is 5.92 Å². The second-order valence-corrected chi connectivity index (χ2v) is 4.93. The molecule has 1 fully saturated rings. The van der Waals surface area contributed by atoms with E-state index in [1.165, 1.54) is 30.7 Å². The van der Waals surface area contributed by atoms with E-state index in [1.807, 2.05) is 6.92 Å². The highest BCUT2D eigenvalue weighted by atomic mass is 32.1. The summed E-state index contributed by atoms with van der Waals surface area (Å²) in [4.78, 5) is 4.48. The Labute approximate surface area is 83.6 Å². The lowest BCUT2D eigenvalue weighted by molar-refractivity contribution is 0.343. The molecular formula is C10H16N2S. The van der Waals surface area contributed by atoms with Gasteiger partial charge in [0.05, 0.1) is 0 Å². The third-order valence-electron chi connectivity index (χ3n) is 2.83. The van der Waals surface area contributed by atoms with Crippen LogP contribution in [0.25, 0.3) is 0 Å². The van der Waals surface area contributed by atoms with Crippen LogP contribution >= 0.6 is 11.5 Å². The fraction of sp³-hybridized carbons (Fsp3) is 0.800. The molecule has 0 amide bonds. The molecule has 72 valence electrons. The van der Waals surface area contributed by atoms with Crippen LogP contribution in [0.3, 0.4) is 0 Å². The molecule has 1 aromatic rings. The number of hydrogen-bond acceptors (Lipinski definition) is 3. The normalized spacial score (nSPS) is 29.1. The first-order valence-corrected chi connectivity index (χ1v) is 5.83. The lowest BCUT2D eigenvalue weighted by Crippen LogP contribution is -2.11. The van der Waals surface area contributed by atoms with Gasteiger partial charge in [-0.1, -0.05) is 19.8 Å². The SMILES string of the molecule is Cc1nsc(C2CCCC(C)C2)n1. The first-order chi connectivity index (χ1) is 6.25. The zero-order valence-electron chi connectivity index (χ0n) is 8.29. The van der Waals surface area contributed by atoms with Gasteiger partial charge >= 0.3 is 0 Å². The lowest BCUT2D eigenvalue weighted by atomic mass is 9.83. The molecule has 1 aliphatic rings. The Kier molecular flexibility index (Phi) is 2.63. The molecule has 2 rings (SSSR count). The number of nitrogens with zero attached hydrogens (tertiary/aromatic N) is 2. The maximum atomic E-state index is 4.48. The summed E-state index contributed by atoms with van der Waals surface area (Å²) >= 11 is 1.60. The summed E-state index contributed by atoms with van der Waals surface area (Å²) in [7, 11) is 0. The van der Waals surface area contributed by atoms with Crippen molar-refractivity contribution < 1.29 is 0 Å². The molecule has 0 bridgehead atoms. The third-order valence-corrected chi connectivity index (χ3v) is 3.80. The predicted octanol–water partition coefficient (Wildman–Crippen LogP) is 3.14. The minimum atomic E-state index is 0.704. The fourth-order valence-corrected chi connectivity index (χ4v) is 2.94. The van der Waals surface area contributed by atoms with Crippen molar-refractivity contribution in [3.8, 4) is 0 Å². The first kappa shape index (κ1) is 9.13. The summed E-state index contributed by atoms with van der Waals surface area (Å²) < 4.78 is 4.25. The highest BCUT2D eigenvalue weighted by molar-refractivity contribution is 7.05. The van der Waals surface area contributed by atoms with Crippen molar-refractivity contribution in [3.05, 3.63) is 10.8 Å². The first-order valence-electron chi connectivity index (χ1n) is 5.06. The second-order valence-electron chi connectivity index (χ2n) is 4.15. The molecule has 1 aliphatic carbocycles. The van der Waals surface area contributed by atoms with Crippen LogP contribution in [0.2, 0.25) is 0 Å². The molecule has 1 heterocycles. The molecule has 1 saturated carbocycles. The van der Waals surface area contributed by atoms with E-state index in [0.29, 0.717) is 5.92 Å². The van der Waals surface area contributed by atoms with Gasteiger partial charge in [0.15, 0.2) is 0 Å². The van der Waals surface area contributed by atoms with E-state index >= 15 is 0 Å². The van der Waals surface area contributed by atoms with E-state index in [2.05, 4.69) is 16.3 Å². The van der Waals surface area contributed by atoms with E-state index in [4.69, 9.17) is 0 Å². The van der Waals surface area contributed by atoms with Gasteiger partial charge in [-0.25, -0.2) is 4.98 Å². The fourth-order valence-electron chi connectivity index (χ4n) is 2.14. The van der Waals surface area contributed by atoms with E-state index in [9.17, 15) is 0 Å². The summed E-state index contributed by atoms with van der Waals surface area (Å²) in [6, 6.07) is 0. The van der Waals surface area contributed by atoms with Gasteiger partial charge in [-0.3, -0.25) is 0 Å². The van der Waals surface area contributed by atoms with Gasteiger partial charge in [0.1, 0.15) is 10.8 Å². The minimum absolute atomic E-state index is 0.704. The Morgan fingerprint density at radius 3 is 2.85 bits per heavy atom. The summed E-state index contributed by atoms with van der Waals surface area (Å²) in [5.41, 5.74) is 0. The summed E-state index contributed by atoms with van der Waals surface area (Å²) in [5, 5.41) is 1.27. The van der Waals surface area contributed by atoms with Gasteiger partial charge in [0, 0.05) is 5.92 Å². The van der Waals surface area contributed by atoms with E-state index in [0.717, 1.165) is 11.7 Å². The van der Waals surface area contributed by atoms with Crippen molar-refractivity contribution >= 4 is 11.5 Å². The van der Waals surface area contributed by atoms with Gasteiger partial charge in [-0.15, -0.1) is 0 Å². The van der Waals surface area contributed by atoms with Crippen molar-refractivity contribution in [2.75, 3.05) is 0 Å². The average Bonchev–Trinajstić information content (AvgIpc) is 2.52. The molecule has 2 atom stereocenters. The molecule has 2 unspecified atom stereocenters. The van der Waals surface area contributed by atoms with Gasteiger partial charge in [-0.05, 0) is 37.2 Å². The van der Waals surface area contributed by atoms with Gasteiger partial charge < -0.3 is 0 Å². The van der Waals surface area contributed by atoms with E-state index in [1.54, 1.807) is 11.5 Å². The van der Waals surface area contributed by atoms with E-state index in [-0.39, 0.29) is 0 Å². The Hall–Kier alpha value is -0.440. The molecular weight excluding hydrogens is 180 g/mol. The van der Waals surface area contributed by atoms with Gasteiger partial charge in [0.2, 0.25) is 0 Å². The van der Waals surface area contributed by atoms with Crippen LogP contribution < -0.4 is 0 Å². The maximum absolute atomic E-state index is 4.48. The number of rotatable bonds is 1. The summed E-state index contributed by atoms with van der Waals surface area (Å²) in [6.45, 7) is 4.33. The highest BCUT2D eigenvalue weighted by Crippen LogP contribution is 2.36. The molecule has 2 nitrogen and oxygen atoms in total. The Morgan fingerprint density at radius 2 is 2.23 bits per heavy atom. The molecule has 0 spiro atoms. The molecule has 3 heteroatoms. The van der Waals surface area contributed by atoms with Crippen LogP contribution in [0.1, 0.15) is 49.4 Å². The Balaban J connectivity index is 2.08. The minimum Gasteiger partial charge on any atom is -0.225 e. The second kappa shape index (κ2) is 3.74. The average molecular weight is 196 g/mol. The quantitative estimate of drug-likeness (QED) is 0.689. The monoisotopic (exact) mass is 196 g/mol. The molecule has 0 saturated heterocycles. The summed E-state index contributed by atoms with van der Waals surface area (Å²) in [6.07, 6.45) is 5.40. The maximum Gasteiger partial charge on any atom is 0.139 e. The highest BCUT2D eigenvalue weighted by Gasteiger charge is 2.22. The van der Waals surface area contributed by atoms with Crippen molar-refractivity contribution in [1.82, 2.24) is 9.36 Å². The Bertz CT molecular complexity index is 282. The largest absolute Gasteiger partial charge is 0.225 e. The van der Waals surface area contributed by atoms with Crippen LogP contribution in [-0.4, -0.2) is 9.36 Å². The van der Waals surface area contributed by atoms with Gasteiger partial charge in [0.25, 0.3) is 0 Å². The number of aryl methyl sites for hydroxylation is 1. The lowest BCUT2D eigenvalue weighted by Gasteiger charge is -2.24. The number of hydrogen-bond donors (Lipinski definition) is 0.